The van der Waals surface area contributed by atoms with Crippen LogP contribution in [0.3, 0.4) is 0 Å². The number of anilines is 1. The number of rotatable bonds is 7. The van der Waals surface area contributed by atoms with Crippen molar-refractivity contribution in [3.8, 4) is 5.75 Å². The molecule has 0 bridgehead atoms. The number of aryl methyl sites for hydroxylation is 1. The second-order valence-electron chi connectivity index (χ2n) is 7.57. The van der Waals surface area contributed by atoms with E-state index in [-0.39, 0.29) is 24.6 Å². The molecule has 1 fully saturated rings. The molecule has 1 saturated heterocycles. The molecule has 1 aromatic heterocycles. The third-order valence-corrected chi connectivity index (χ3v) is 5.86. The highest BCUT2D eigenvalue weighted by Crippen LogP contribution is 2.38. The summed E-state index contributed by atoms with van der Waals surface area (Å²) in [6.07, 6.45) is -3.09. The molecule has 4 nitrogen and oxygen atoms in total. The summed E-state index contributed by atoms with van der Waals surface area (Å²) in [6, 6.07) is 6.26. The molecule has 0 aliphatic carbocycles. The number of carbonyl (C=O) groups is 1. The topological polar surface area (TPSA) is 42.4 Å². The first-order chi connectivity index (χ1) is 14.7. The number of methoxy groups -OCH3 is 1. The van der Waals surface area contributed by atoms with Crippen LogP contribution in [0.1, 0.15) is 42.9 Å². The Morgan fingerprint density at radius 3 is 2.61 bits per heavy atom. The fourth-order valence-electron chi connectivity index (χ4n) is 3.92. The molecule has 3 rings (SSSR count). The lowest BCUT2D eigenvalue weighted by Gasteiger charge is -2.35. The normalized spacial score (nSPS) is 15.2. The first-order valence-electron chi connectivity index (χ1n) is 9.98. The third kappa shape index (κ3) is 6.09. The number of benzene rings is 1. The summed E-state index contributed by atoms with van der Waals surface area (Å²) in [7, 11) is 1.56. The molecule has 1 aromatic carbocycles. The van der Waals surface area contributed by atoms with Gasteiger partial charge in [0.2, 0.25) is 0 Å². The lowest BCUT2D eigenvalue weighted by molar-refractivity contribution is -0.152. The summed E-state index contributed by atoms with van der Waals surface area (Å²) in [5.74, 6) is -0.393. The second-order valence-corrected chi connectivity index (χ2v) is 7.95. The quantitative estimate of drug-likeness (QED) is 0.498. The Hall–Kier alpha value is -2.35. The van der Waals surface area contributed by atoms with Gasteiger partial charge in [0, 0.05) is 31.3 Å². The summed E-state index contributed by atoms with van der Waals surface area (Å²) in [5, 5.41) is 0.351. The van der Waals surface area contributed by atoms with Gasteiger partial charge in [-0.3, -0.25) is 9.78 Å². The van der Waals surface area contributed by atoms with Gasteiger partial charge < -0.3 is 9.64 Å². The van der Waals surface area contributed by atoms with Gasteiger partial charge in [-0.15, -0.1) is 0 Å². The molecule has 2 aromatic rings. The SMILES string of the molecule is COc1ccc(F)cc1C1CCN(c2ccnc(CCC(=O)CC(F)(F)F)c2Cl)CC1. The van der Waals surface area contributed by atoms with E-state index in [1.807, 2.05) is 0 Å². The first kappa shape index (κ1) is 23.3. The number of halogens is 5. The van der Waals surface area contributed by atoms with Gasteiger partial charge in [-0.1, -0.05) is 11.6 Å². The molecule has 31 heavy (non-hydrogen) atoms. The zero-order valence-electron chi connectivity index (χ0n) is 17.0. The van der Waals surface area contributed by atoms with E-state index < -0.39 is 18.4 Å². The molecule has 0 unspecified atom stereocenters. The highest BCUT2D eigenvalue weighted by Gasteiger charge is 2.31. The Morgan fingerprint density at radius 1 is 1.26 bits per heavy atom. The Kier molecular flexibility index (Phi) is 7.41. The molecule has 0 atom stereocenters. The number of pyridine rings is 1. The standard InChI is InChI=1S/C22H23ClF4N2O2/c1-31-20-5-2-15(24)12-17(20)14-7-10-29(11-8-14)19-6-9-28-18(21(19)23)4-3-16(30)13-22(25,26)27/h2,5-6,9,12,14H,3-4,7-8,10-11,13H2,1H3. The van der Waals surface area contributed by atoms with Gasteiger partial charge in [0.25, 0.3) is 0 Å². The fraction of sp³-hybridized carbons (Fsp3) is 0.455. The van der Waals surface area contributed by atoms with Crippen LogP contribution in [0.5, 0.6) is 5.75 Å². The van der Waals surface area contributed by atoms with Crippen molar-refractivity contribution in [1.82, 2.24) is 4.98 Å². The van der Waals surface area contributed by atoms with Gasteiger partial charge in [0.15, 0.2) is 0 Å². The van der Waals surface area contributed by atoms with Crippen LogP contribution in [0.4, 0.5) is 23.2 Å². The van der Waals surface area contributed by atoms with Crippen molar-refractivity contribution in [3.05, 3.63) is 52.6 Å². The van der Waals surface area contributed by atoms with E-state index in [2.05, 4.69) is 9.88 Å². The van der Waals surface area contributed by atoms with E-state index >= 15 is 0 Å². The third-order valence-electron chi connectivity index (χ3n) is 5.45. The average Bonchev–Trinajstić information content (AvgIpc) is 2.72. The lowest BCUT2D eigenvalue weighted by Crippen LogP contribution is -2.33. The number of aromatic nitrogens is 1. The van der Waals surface area contributed by atoms with Crippen molar-refractivity contribution < 1.29 is 27.1 Å². The Labute approximate surface area is 183 Å². The van der Waals surface area contributed by atoms with Crippen LogP contribution >= 0.6 is 11.6 Å². The van der Waals surface area contributed by atoms with E-state index in [1.165, 1.54) is 12.1 Å². The van der Waals surface area contributed by atoms with Gasteiger partial charge >= 0.3 is 6.18 Å². The van der Waals surface area contributed by atoms with Crippen LogP contribution in [0.25, 0.3) is 0 Å². The summed E-state index contributed by atoms with van der Waals surface area (Å²) in [4.78, 5) is 17.8. The van der Waals surface area contributed by atoms with Crippen LogP contribution < -0.4 is 9.64 Å². The molecule has 0 saturated carbocycles. The zero-order chi connectivity index (χ0) is 22.6. The number of ketones is 1. The molecule has 1 aliphatic heterocycles. The molecule has 0 radical (unpaired) electrons. The number of piperidine rings is 1. The molecule has 2 heterocycles. The minimum atomic E-state index is -4.51. The van der Waals surface area contributed by atoms with E-state index in [0.717, 1.165) is 24.1 Å². The smallest absolute Gasteiger partial charge is 0.395 e. The van der Waals surface area contributed by atoms with Gasteiger partial charge in [-0.2, -0.15) is 13.2 Å². The maximum atomic E-state index is 13.7. The number of alkyl halides is 3. The summed E-state index contributed by atoms with van der Waals surface area (Å²) >= 11 is 6.47. The highest BCUT2D eigenvalue weighted by molar-refractivity contribution is 6.33. The second kappa shape index (κ2) is 9.85. The van der Waals surface area contributed by atoms with Crippen molar-refractivity contribution >= 4 is 23.1 Å². The van der Waals surface area contributed by atoms with Crippen molar-refractivity contribution in [3.63, 3.8) is 0 Å². The molecule has 0 N–H and O–H groups in total. The van der Waals surface area contributed by atoms with E-state index in [9.17, 15) is 22.4 Å². The fourth-order valence-corrected chi connectivity index (χ4v) is 4.25. The molecule has 0 amide bonds. The first-order valence-corrected chi connectivity index (χ1v) is 10.4. The van der Waals surface area contributed by atoms with Gasteiger partial charge in [0.1, 0.15) is 23.8 Å². The maximum absolute atomic E-state index is 13.7. The summed E-state index contributed by atoms with van der Waals surface area (Å²) < 4.78 is 56.1. The number of nitrogens with zero attached hydrogens (tertiary/aromatic N) is 2. The van der Waals surface area contributed by atoms with Crippen LogP contribution in [-0.4, -0.2) is 37.1 Å². The van der Waals surface area contributed by atoms with Gasteiger partial charge in [0.05, 0.1) is 23.5 Å². The molecule has 1 aliphatic rings. The Balaban J connectivity index is 1.65. The summed E-state index contributed by atoms with van der Waals surface area (Å²) in [6.45, 7) is 1.33. The molecule has 0 spiro atoms. The predicted octanol–water partition coefficient (Wildman–Crippen LogP) is 5.72. The van der Waals surface area contributed by atoms with Gasteiger partial charge in [-0.25, -0.2) is 4.39 Å². The largest absolute Gasteiger partial charge is 0.496 e. The lowest BCUT2D eigenvalue weighted by atomic mass is 9.88. The minimum absolute atomic E-state index is 0.0541. The van der Waals surface area contributed by atoms with E-state index in [0.29, 0.717) is 29.6 Å². The molecule has 9 heteroatoms. The van der Waals surface area contributed by atoms with Gasteiger partial charge in [-0.05, 0) is 49.4 Å². The Bertz CT molecular complexity index is 928. The van der Waals surface area contributed by atoms with Crippen molar-refractivity contribution in [1.29, 1.82) is 0 Å². The average molecular weight is 459 g/mol. The number of hydrogen-bond donors (Lipinski definition) is 0. The predicted molar refractivity (Wildman–Crippen MR) is 110 cm³/mol. The highest BCUT2D eigenvalue weighted by atomic mass is 35.5. The zero-order valence-corrected chi connectivity index (χ0v) is 17.8. The molecular formula is C22H23ClF4N2O2. The number of hydrogen-bond acceptors (Lipinski definition) is 4. The van der Waals surface area contributed by atoms with Crippen molar-refractivity contribution in [2.24, 2.45) is 0 Å². The number of carbonyl (C=O) groups excluding carboxylic acids is 1. The van der Waals surface area contributed by atoms with Crippen LogP contribution in [0.15, 0.2) is 30.5 Å². The van der Waals surface area contributed by atoms with Crippen LogP contribution in [0, 0.1) is 5.82 Å². The minimum Gasteiger partial charge on any atom is -0.496 e. The van der Waals surface area contributed by atoms with Crippen molar-refractivity contribution in [2.75, 3.05) is 25.1 Å². The number of ether oxygens (including phenoxy) is 1. The van der Waals surface area contributed by atoms with E-state index in [1.54, 1.807) is 25.4 Å². The Morgan fingerprint density at radius 2 is 1.97 bits per heavy atom. The van der Waals surface area contributed by atoms with Crippen LogP contribution in [-0.2, 0) is 11.2 Å². The molecular weight excluding hydrogens is 436 g/mol. The van der Waals surface area contributed by atoms with Crippen LogP contribution in [0.2, 0.25) is 5.02 Å². The summed E-state index contributed by atoms with van der Waals surface area (Å²) in [5.41, 5.74) is 1.98. The van der Waals surface area contributed by atoms with E-state index in [4.69, 9.17) is 16.3 Å². The maximum Gasteiger partial charge on any atom is 0.395 e. The number of Topliss-reactive ketones (excluding diaryl/α,β-unsaturated/α-hetero) is 1. The molecule has 168 valence electrons. The van der Waals surface area contributed by atoms with Crippen molar-refractivity contribution in [2.45, 2.75) is 44.2 Å². The monoisotopic (exact) mass is 458 g/mol.